The summed E-state index contributed by atoms with van der Waals surface area (Å²) in [7, 11) is 0. The van der Waals surface area contributed by atoms with Gasteiger partial charge in [0.2, 0.25) is 0 Å². The highest BCUT2D eigenvalue weighted by molar-refractivity contribution is 7.99. The number of benzene rings is 2. The van der Waals surface area contributed by atoms with Crippen LogP contribution in [0, 0.1) is 0 Å². The van der Waals surface area contributed by atoms with Crippen molar-refractivity contribution in [3.05, 3.63) is 71.8 Å². The Labute approximate surface area is 205 Å². The third-order valence-corrected chi connectivity index (χ3v) is 8.31. The number of hydrogen-bond donors (Lipinski definition) is 0. The van der Waals surface area contributed by atoms with Crippen molar-refractivity contribution in [2.75, 3.05) is 11.5 Å². The zero-order valence-electron chi connectivity index (χ0n) is 20.2. The molecule has 4 rings (SSSR count). The molecule has 0 radical (unpaired) electrons. The second kappa shape index (κ2) is 14.2. The zero-order valence-corrected chi connectivity index (χ0v) is 21.0. The normalized spacial score (nSPS) is 19.9. The van der Waals surface area contributed by atoms with Gasteiger partial charge in [-0.2, -0.15) is 11.8 Å². The smallest absolute Gasteiger partial charge is 0.0709 e. The minimum absolute atomic E-state index is 0.285. The summed E-state index contributed by atoms with van der Waals surface area (Å²) in [5, 5.41) is 0. The van der Waals surface area contributed by atoms with Crippen LogP contribution >= 0.6 is 11.8 Å². The van der Waals surface area contributed by atoms with Crippen molar-refractivity contribution in [2.45, 2.75) is 101 Å². The lowest BCUT2D eigenvalue weighted by atomic mass is 9.97. The van der Waals surface area contributed by atoms with Gasteiger partial charge in [0.15, 0.2) is 0 Å². The maximum absolute atomic E-state index is 6.68. The lowest BCUT2D eigenvalue weighted by Gasteiger charge is -2.29. The molecule has 0 aromatic heterocycles. The third-order valence-electron chi connectivity index (χ3n) is 7.09. The number of rotatable bonds is 12. The van der Waals surface area contributed by atoms with Crippen LogP contribution in [-0.2, 0) is 22.3 Å². The van der Waals surface area contributed by atoms with Crippen LogP contribution in [0.15, 0.2) is 60.7 Å². The number of hydrogen-bond acceptors (Lipinski definition) is 3. The Balaban J connectivity index is 1.33. The summed E-state index contributed by atoms with van der Waals surface area (Å²) in [5.41, 5.74) is 2.77. The van der Waals surface area contributed by atoms with Gasteiger partial charge >= 0.3 is 0 Å². The van der Waals surface area contributed by atoms with E-state index in [4.69, 9.17) is 9.47 Å². The fourth-order valence-corrected chi connectivity index (χ4v) is 6.38. The standard InChI is InChI=1S/C30H42O2S/c1-5-13-25(14-6-1)21-29(31-27-17-9-3-10-18-27)23-33-24-30(22-26-15-7-2-8-16-26)32-28-19-11-4-12-20-28/h1-2,5-8,13-16,27-30H,3-4,9-12,17-24H2. The quantitative estimate of drug-likeness (QED) is 0.320. The van der Waals surface area contributed by atoms with Gasteiger partial charge in [-0.15, -0.1) is 0 Å². The summed E-state index contributed by atoms with van der Waals surface area (Å²) >= 11 is 2.04. The van der Waals surface area contributed by atoms with Gasteiger partial charge in [0, 0.05) is 11.5 Å². The van der Waals surface area contributed by atoms with Crippen LogP contribution in [0.5, 0.6) is 0 Å². The van der Waals surface area contributed by atoms with Crippen molar-refractivity contribution in [1.82, 2.24) is 0 Å². The minimum atomic E-state index is 0.285. The van der Waals surface area contributed by atoms with Crippen LogP contribution in [0.3, 0.4) is 0 Å². The average Bonchev–Trinajstić information content (AvgIpc) is 2.86. The molecule has 0 N–H and O–H groups in total. The molecule has 2 aromatic carbocycles. The van der Waals surface area contributed by atoms with Gasteiger partial charge < -0.3 is 9.47 Å². The Morgan fingerprint density at radius 2 is 0.970 bits per heavy atom. The molecule has 2 unspecified atom stereocenters. The zero-order chi connectivity index (χ0) is 22.6. The highest BCUT2D eigenvalue weighted by Crippen LogP contribution is 2.26. The van der Waals surface area contributed by atoms with Crippen molar-refractivity contribution in [1.29, 1.82) is 0 Å². The van der Waals surface area contributed by atoms with E-state index in [1.807, 2.05) is 11.8 Å². The molecule has 180 valence electrons. The molecule has 0 bridgehead atoms. The first-order chi connectivity index (χ1) is 16.3. The van der Waals surface area contributed by atoms with E-state index < -0.39 is 0 Å². The molecule has 0 heterocycles. The van der Waals surface area contributed by atoms with E-state index >= 15 is 0 Å². The molecular formula is C30H42O2S. The van der Waals surface area contributed by atoms with Crippen molar-refractivity contribution in [2.24, 2.45) is 0 Å². The Morgan fingerprint density at radius 1 is 0.576 bits per heavy atom. The Kier molecular flexibility index (Phi) is 10.7. The fourth-order valence-electron chi connectivity index (χ4n) is 5.32. The second-order valence-corrected chi connectivity index (χ2v) is 11.0. The molecule has 2 fully saturated rings. The Morgan fingerprint density at radius 3 is 1.36 bits per heavy atom. The third kappa shape index (κ3) is 9.11. The van der Waals surface area contributed by atoms with E-state index in [2.05, 4.69) is 60.7 Å². The monoisotopic (exact) mass is 466 g/mol. The lowest BCUT2D eigenvalue weighted by molar-refractivity contribution is -0.0203. The van der Waals surface area contributed by atoms with Crippen molar-refractivity contribution in [3.8, 4) is 0 Å². The molecular weight excluding hydrogens is 424 g/mol. The van der Waals surface area contributed by atoms with Gasteiger partial charge in [0.1, 0.15) is 0 Å². The molecule has 2 aliphatic rings. The molecule has 2 nitrogen and oxygen atoms in total. The number of thioether (sulfide) groups is 1. The predicted octanol–water partition coefficient (Wildman–Crippen LogP) is 7.64. The average molecular weight is 467 g/mol. The van der Waals surface area contributed by atoms with E-state index in [9.17, 15) is 0 Å². The molecule has 0 spiro atoms. The van der Waals surface area contributed by atoms with Crippen LogP contribution in [0.25, 0.3) is 0 Å². The van der Waals surface area contributed by atoms with E-state index in [1.54, 1.807) is 0 Å². The highest BCUT2D eigenvalue weighted by Gasteiger charge is 2.23. The number of ether oxygens (including phenoxy) is 2. The van der Waals surface area contributed by atoms with Gasteiger partial charge in [-0.25, -0.2) is 0 Å². The topological polar surface area (TPSA) is 18.5 Å². The van der Waals surface area contributed by atoms with E-state index in [-0.39, 0.29) is 12.2 Å². The molecule has 33 heavy (non-hydrogen) atoms. The van der Waals surface area contributed by atoms with E-state index in [0.29, 0.717) is 12.2 Å². The summed E-state index contributed by atoms with van der Waals surface area (Å²) in [6, 6.07) is 21.8. The first kappa shape index (κ1) is 24.8. The van der Waals surface area contributed by atoms with Gasteiger partial charge in [0.05, 0.1) is 24.4 Å². The molecule has 0 amide bonds. The van der Waals surface area contributed by atoms with Gasteiger partial charge in [-0.05, 0) is 49.7 Å². The van der Waals surface area contributed by atoms with Crippen LogP contribution in [0.2, 0.25) is 0 Å². The van der Waals surface area contributed by atoms with E-state index in [0.717, 1.165) is 24.3 Å². The van der Waals surface area contributed by atoms with Gasteiger partial charge in [-0.3, -0.25) is 0 Å². The summed E-state index contributed by atoms with van der Waals surface area (Å²) in [5.74, 6) is 2.09. The minimum Gasteiger partial charge on any atom is -0.374 e. The first-order valence-electron chi connectivity index (χ1n) is 13.3. The summed E-state index contributed by atoms with van der Waals surface area (Å²) in [6.45, 7) is 0. The van der Waals surface area contributed by atoms with Gasteiger partial charge in [-0.1, -0.05) is 99.2 Å². The van der Waals surface area contributed by atoms with E-state index in [1.165, 1.54) is 75.3 Å². The Hall–Kier alpha value is -1.29. The SMILES string of the molecule is c1ccc(CC(CSCC(Cc2ccccc2)OC2CCCCC2)OC2CCCCC2)cc1. The lowest BCUT2D eigenvalue weighted by Crippen LogP contribution is -2.30. The van der Waals surface area contributed by atoms with Crippen LogP contribution in [0.4, 0.5) is 0 Å². The molecule has 2 aliphatic carbocycles. The van der Waals surface area contributed by atoms with Gasteiger partial charge in [0.25, 0.3) is 0 Å². The van der Waals surface area contributed by atoms with Crippen LogP contribution in [0.1, 0.15) is 75.3 Å². The maximum Gasteiger partial charge on any atom is 0.0709 e. The van der Waals surface area contributed by atoms with Crippen molar-refractivity contribution < 1.29 is 9.47 Å². The van der Waals surface area contributed by atoms with Crippen LogP contribution in [-0.4, -0.2) is 35.9 Å². The molecule has 2 saturated carbocycles. The molecule has 3 heteroatoms. The van der Waals surface area contributed by atoms with Crippen molar-refractivity contribution in [3.63, 3.8) is 0 Å². The largest absolute Gasteiger partial charge is 0.374 e. The molecule has 0 saturated heterocycles. The molecule has 0 aliphatic heterocycles. The molecule has 2 atom stereocenters. The summed E-state index contributed by atoms with van der Waals surface area (Å²) in [6.07, 6.45) is 16.5. The summed E-state index contributed by atoms with van der Waals surface area (Å²) in [4.78, 5) is 0. The fraction of sp³-hybridized carbons (Fsp3) is 0.600. The second-order valence-electron chi connectivity index (χ2n) is 9.95. The first-order valence-corrected chi connectivity index (χ1v) is 14.5. The Bertz CT molecular complexity index is 688. The predicted molar refractivity (Wildman–Crippen MR) is 141 cm³/mol. The van der Waals surface area contributed by atoms with Crippen molar-refractivity contribution >= 4 is 11.8 Å². The summed E-state index contributed by atoms with van der Waals surface area (Å²) < 4.78 is 13.4. The maximum atomic E-state index is 6.68. The van der Waals surface area contributed by atoms with Crippen LogP contribution < -0.4 is 0 Å². The highest BCUT2D eigenvalue weighted by atomic mass is 32.2. The molecule has 2 aromatic rings.